The molecule has 1 heterocycles. The van der Waals surface area contributed by atoms with Crippen molar-refractivity contribution in [3.63, 3.8) is 0 Å². The summed E-state index contributed by atoms with van der Waals surface area (Å²) in [6.45, 7) is 6.14. The summed E-state index contributed by atoms with van der Waals surface area (Å²) >= 11 is 0. The van der Waals surface area contributed by atoms with Crippen molar-refractivity contribution in [2.24, 2.45) is 5.92 Å². The van der Waals surface area contributed by atoms with Crippen LogP contribution < -0.4 is 10.1 Å². The van der Waals surface area contributed by atoms with Crippen molar-refractivity contribution in [3.8, 4) is 11.6 Å². The number of nitrogens with zero attached hydrogens (tertiary/aromatic N) is 1. The molecule has 0 spiro atoms. The molecule has 0 fully saturated rings. The highest BCUT2D eigenvalue weighted by Gasteiger charge is 2.05. The molecule has 0 bridgehead atoms. The molecule has 0 unspecified atom stereocenters. The van der Waals surface area contributed by atoms with Crippen LogP contribution in [0.25, 0.3) is 0 Å². The maximum Gasteiger partial charge on any atom is 0.223 e. The normalized spacial score (nSPS) is 10.7. The van der Waals surface area contributed by atoms with Crippen molar-refractivity contribution in [2.45, 2.75) is 20.4 Å². The Hall–Kier alpha value is -1.87. The summed E-state index contributed by atoms with van der Waals surface area (Å²) in [5, 5.41) is 3.41. The Labute approximate surface area is 114 Å². The lowest BCUT2D eigenvalue weighted by molar-refractivity contribution is 0.450. The van der Waals surface area contributed by atoms with Crippen molar-refractivity contribution >= 4 is 0 Å². The van der Waals surface area contributed by atoms with E-state index in [9.17, 15) is 0 Å². The Balaban J connectivity index is 2.04. The van der Waals surface area contributed by atoms with E-state index >= 15 is 0 Å². The maximum atomic E-state index is 5.82. The van der Waals surface area contributed by atoms with Gasteiger partial charge in [0.05, 0.1) is 0 Å². The van der Waals surface area contributed by atoms with Crippen LogP contribution >= 0.6 is 0 Å². The summed E-state index contributed by atoms with van der Waals surface area (Å²) in [6.07, 6.45) is 1.75. The van der Waals surface area contributed by atoms with Gasteiger partial charge in [-0.3, -0.25) is 0 Å². The first kappa shape index (κ1) is 13.6. The Morgan fingerprint density at radius 3 is 2.63 bits per heavy atom. The molecule has 1 N–H and O–H groups in total. The molecule has 3 heteroatoms. The zero-order valence-electron chi connectivity index (χ0n) is 11.5. The minimum absolute atomic E-state index is 0.634. The topological polar surface area (TPSA) is 34.2 Å². The second-order valence-electron chi connectivity index (χ2n) is 4.91. The summed E-state index contributed by atoms with van der Waals surface area (Å²) in [7, 11) is 0. The zero-order valence-corrected chi connectivity index (χ0v) is 11.5. The molecule has 2 aromatic rings. The first-order valence-corrected chi connectivity index (χ1v) is 6.63. The van der Waals surface area contributed by atoms with E-state index in [0.29, 0.717) is 11.8 Å². The molecule has 0 aliphatic carbocycles. The molecule has 0 radical (unpaired) electrons. The number of hydrogen-bond donors (Lipinski definition) is 1. The molecule has 0 atom stereocenters. The molecule has 19 heavy (non-hydrogen) atoms. The molecule has 100 valence electrons. The fourth-order valence-electron chi connectivity index (χ4n) is 1.75. The van der Waals surface area contributed by atoms with Gasteiger partial charge in [-0.05, 0) is 30.7 Å². The molecular formula is C16H20N2O. The highest BCUT2D eigenvalue weighted by atomic mass is 16.5. The number of rotatable bonds is 6. The average Bonchev–Trinajstić information content (AvgIpc) is 2.41. The first-order valence-electron chi connectivity index (χ1n) is 6.63. The number of hydrogen-bond acceptors (Lipinski definition) is 3. The Kier molecular flexibility index (Phi) is 4.93. The monoisotopic (exact) mass is 256 g/mol. The first-order chi connectivity index (χ1) is 9.25. The van der Waals surface area contributed by atoms with Crippen LogP contribution in [0.3, 0.4) is 0 Å². The average molecular weight is 256 g/mol. The van der Waals surface area contributed by atoms with Crippen LogP contribution in [0.4, 0.5) is 0 Å². The van der Waals surface area contributed by atoms with Gasteiger partial charge in [0.25, 0.3) is 0 Å². The van der Waals surface area contributed by atoms with E-state index in [-0.39, 0.29) is 0 Å². The molecular weight excluding hydrogens is 236 g/mol. The van der Waals surface area contributed by atoms with E-state index in [1.54, 1.807) is 6.20 Å². The van der Waals surface area contributed by atoms with Crippen molar-refractivity contribution in [1.29, 1.82) is 0 Å². The van der Waals surface area contributed by atoms with Crippen LogP contribution in [0.5, 0.6) is 11.6 Å². The Bertz CT molecular complexity index is 497. The quantitative estimate of drug-likeness (QED) is 0.857. The van der Waals surface area contributed by atoms with Gasteiger partial charge in [-0.1, -0.05) is 38.1 Å². The summed E-state index contributed by atoms with van der Waals surface area (Å²) in [4.78, 5) is 4.31. The van der Waals surface area contributed by atoms with Gasteiger partial charge in [0.2, 0.25) is 5.88 Å². The van der Waals surface area contributed by atoms with Crippen LogP contribution in [0.15, 0.2) is 48.7 Å². The lowest BCUT2D eigenvalue weighted by Gasteiger charge is -2.11. The fraction of sp³-hybridized carbons (Fsp3) is 0.312. The fourth-order valence-corrected chi connectivity index (χ4v) is 1.75. The SMILES string of the molecule is CC(C)CNCc1cccnc1Oc1ccccc1. The van der Waals surface area contributed by atoms with Gasteiger partial charge < -0.3 is 10.1 Å². The molecule has 1 aromatic carbocycles. The second kappa shape index (κ2) is 6.90. The van der Waals surface area contributed by atoms with Gasteiger partial charge in [-0.2, -0.15) is 0 Å². The Morgan fingerprint density at radius 1 is 1.11 bits per heavy atom. The van der Waals surface area contributed by atoms with Crippen LogP contribution in [-0.4, -0.2) is 11.5 Å². The third kappa shape index (κ3) is 4.38. The van der Waals surface area contributed by atoms with Crippen molar-refractivity contribution in [2.75, 3.05) is 6.54 Å². The third-order valence-electron chi connectivity index (χ3n) is 2.68. The predicted molar refractivity (Wildman–Crippen MR) is 77.3 cm³/mol. The van der Waals surface area contributed by atoms with Crippen molar-refractivity contribution in [1.82, 2.24) is 10.3 Å². The standard InChI is InChI=1S/C16H20N2O/c1-13(2)11-17-12-14-7-6-10-18-16(14)19-15-8-4-3-5-9-15/h3-10,13,17H,11-12H2,1-2H3. The lowest BCUT2D eigenvalue weighted by atomic mass is 10.2. The molecule has 0 saturated carbocycles. The van der Waals surface area contributed by atoms with E-state index < -0.39 is 0 Å². The van der Waals surface area contributed by atoms with Gasteiger partial charge >= 0.3 is 0 Å². The van der Waals surface area contributed by atoms with E-state index in [2.05, 4.69) is 24.1 Å². The molecule has 3 nitrogen and oxygen atoms in total. The van der Waals surface area contributed by atoms with Gasteiger partial charge in [0.1, 0.15) is 5.75 Å². The molecule has 0 aliphatic heterocycles. The highest BCUT2D eigenvalue weighted by Crippen LogP contribution is 2.22. The largest absolute Gasteiger partial charge is 0.439 e. The molecule has 1 aromatic heterocycles. The molecule has 0 saturated heterocycles. The molecule has 0 aliphatic rings. The van der Waals surface area contributed by atoms with Crippen molar-refractivity contribution in [3.05, 3.63) is 54.2 Å². The number of para-hydroxylation sites is 1. The van der Waals surface area contributed by atoms with Crippen LogP contribution in [0, 0.1) is 5.92 Å². The van der Waals surface area contributed by atoms with E-state index in [1.807, 2.05) is 42.5 Å². The van der Waals surface area contributed by atoms with E-state index in [4.69, 9.17) is 4.74 Å². The van der Waals surface area contributed by atoms with Crippen LogP contribution in [0.2, 0.25) is 0 Å². The molecule has 0 amide bonds. The van der Waals surface area contributed by atoms with Crippen molar-refractivity contribution < 1.29 is 4.74 Å². The van der Waals surface area contributed by atoms with Gasteiger partial charge in [-0.15, -0.1) is 0 Å². The summed E-state index contributed by atoms with van der Waals surface area (Å²) in [6, 6.07) is 13.7. The number of ether oxygens (including phenoxy) is 1. The smallest absolute Gasteiger partial charge is 0.223 e. The summed E-state index contributed by atoms with van der Waals surface area (Å²) in [5.74, 6) is 2.12. The van der Waals surface area contributed by atoms with Gasteiger partial charge in [-0.25, -0.2) is 4.98 Å². The highest BCUT2D eigenvalue weighted by molar-refractivity contribution is 5.31. The van der Waals surface area contributed by atoms with Crippen LogP contribution in [0.1, 0.15) is 19.4 Å². The maximum absolute atomic E-state index is 5.82. The zero-order chi connectivity index (χ0) is 13.5. The number of nitrogens with one attached hydrogen (secondary N) is 1. The number of aromatic nitrogens is 1. The summed E-state index contributed by atoms with van der Waals surface area (Å²) < 4.78 is 5.82. The third-order valence-corrected chi connectivity index (χ3v) is 2.68. The van der Waals surface area contributed by atoms with Gasteiger partial charge in [0.15, 0.2) is 0 Å². The number of benzene rings is 1. The van der Waals surface area contributed by atoms with Gasteiger partial charge in [0, 0.05) is 18.3 Å². The minimum atomic E-state index is 0.634. The Morgan fingerprint density at radius 2 is 1.89 bits per heavy atom. The van der Waals surface area contributed by atoms with E-state index in [0.717, 1.165) is 24.4 Å². The predicted octanol–water partition coefficient (Wildman–Crippen LogP) is 3.62. The lowest BCUT2D eigenvalue weighted by Crippen LogP contribution is -2.19. The second-order valence-corrected chi connectivity index (χ2v) is 4.91. The van der Waals surface area contributed by atoms with E-state index in [1.165, 1.54) is 0 Å². The summed E-state index contributed by atoms with van der Waals surface area (Å²) in [5.41, 5.74) is 1.08. The van der Waals surface area contributed by atoms with Crippen LogP contribution in [-0.2, 0) is 6.54 Å². The molecule has 2 rings (SSSR count). The number of pyridine rings is 1. The minimum Gasteiger partial charge on any atom is -0.439 e.